The molecule has 4 N–H and O–H groups in total. The number of nitrogens with one attached hydrogen (secondary N) is 1. The molecule has 0 amide bonds. The second-order valence-corrected chi connectivity index (χ2v) is 7.96. The van der Waals surface area contributed by atoms with Gasteiger partial charge < -0.3 is 10.4 Å². The molecule has 0 aliphatic rings. The second-order valence-electron chi connectivity index (χ2n) is 7.57. The average Bonchev–Trinajstić information content (AvgIpc) is 3.30. The van der Waals surface area contributed by atoms with E-state index in [0.717, 1.165) is 22.0 Å². The van der Waals surface area contributed by atoms with Crippen molar-refractivity contribution in [2.24, 2.45) is 5.84 Å². The lowest BCUT2D eigenvalue weighted by molar-refractivity contribution is -0.0457. The van der Waals surface area contributed by atoms with E-state index in [0.29, 0.717) is 11.8 Å². The summed E-state index contributed by atoms with van der Waals surface area (Å²) in [6.07, 6.45) is 4.26. The standard InChI is InChI=1S/C22H21F2N7OS/c1-14(31(25)21(33)29-17-8-15-4-2-3-5-20(15)27-10-17)22(32,11-30-13-26-12-28-30)18-7-6-16(23)9-19(18)24/h2-10,12-14,32H,11,25H2,1H3,(H,29,33)/t14-,22-/m1/s1. The number of hydrazine groups is 1. The number of nitrogens with two attached hydrogens (primary N) is 1. The van der Waals surface area contributed by atoms with Crippen LogP contribution in [0.1, 0.15) is 12.5 Å². The Hall–Kier alpha value is -3.54. The van der Waals surface area contributed by atoms with Crippen molar-refractivity contribution in [2.45, 2.75) is 25.1 Å². The van der Waals surface area contributed by atoms with E-state index in [2.05, 4.69) is 20.4 Å². The van der Waals surface area contributed by atoms with Crippen molar-refractivity contribution >= 4 is 33.9 Å². The molecule has 33 heavy (non-hydrogen) atoms. The minimum atomic E-state index is -1.94. The highest BCUT2D eigenvalue weighted by Crippen LogP contribution is 2.32. The highest BCUT2D eigenvalue weighted by molar-refractivity contribution is 7.80. The molecule has 0 aliphatic carbocycles. The van der Waals surface area contributed by atoms with Crippen molar-refractivity contribution in [1.29, 1.82) is 0 Å². The fraction of sp³-hybridized carbons (Fsp3) is 0.182. The molecule has 0 fully saturated rings. The molecule has 0 saturated heterocycles. The van der Waals surface area contributed by atoms with Crippen LogP contribution in [0.5, 0.6) is 0 Å². The molecule has 2 heterocycles. The fourth-order valence-corrected chi connectivity index (χ4v) is 3.85. The first-order chi connectivity index (χ1) is 15.8. The molecule has 0 radical (unpaired) electrons. The van der Waals surface area contributed by atoms with Gasteiger partial charge in [0.25, 0.3) is 0 Å². The fourth-order valence-electron chi connectivity index (χ4n) is 3.58. The lowest BCUT2D eigenvalue weighted by Gasteiger charge is -2.40. The van der Waals surface area contributed by atoms with Crippen molar-refractivity contribution in [3.63, 3.8) is 0 Å². The third-order valence-electron chi connectivity index (χ3n) is 5.45. The number of anilines is 1. The SMILES string of the molecule is C[C@@H](N(N)C(=S)Nc1cnc2ccccc2c1)[C@](O)(Cn1cncn1)c1ccc(F)cc1F. The number of aromatic nitrogens is 4. The first-order valence-corrected chi connectivity index (χ1v) is 10.4. The lowest BCUT2D eigenvalue weighted by atomic mass is 9.86. The van der Waals surface area contributed by atoms with Crippen molar-refractivity contribution in [3.05, 3.63) is 84.6 Å². The van der Waals surface area contributed by atoms with Crippen LogP contribution in [-0.4, -0.2) is 41.0 Å². The van der Waals surface area contributed by atoms with E-state index in [-0.39, 0.29) is 17.2 Å². The summed E-state index contributed by atoms with van der Waals surface area (Å²) in [7, 11) is 0. The number of hydrogen-bond acceptors (Lipinski definition) is 6. The monoisotopic (exact) mass is 469 g/mol. The maximum absolute atomic E-state index is 14.7. The van der Waals surface area contributed by atoms with E-state index in [4.69, 9.17) is 18.1 Å². The topological polar surface area (TPSA) is 105 Å². The van der Waals surface area contributed by atoms with E-state index in [1.165, 1.54) is 23.4 Å². The summed E-state index contributed by atoms with van der Waals surface area (Å²) in [5.41, 5.74) is -0.680. The predicted octanol–water partition coefficient (Wildman–Crippen LogP) is 2.95. The first-order valence-electron chi connectivity index (χ1n) is 9.98. The summed E-state index contributed by atoms with van der Waals surface area (Å²) in [5.74, 6) is 4.57. The molecular formula is C22H21F2N7OS. The van der Waals surface area contributed by atoms with Crippen molar-refractivity contribution in [3.8, 4) is 0 Å². The normalized spacial score (nSPS) is 14.0. The number of halogens is 2. The van der Waals surface area contributed by atoms with Crippen LogP contribution < -0.4 is 11.2 Å². The lowest BCUT2D eigenvalue weighted by Crippen LogP contribution is -2.57. The van der Waals surface area contributed by atoms with Gasteiger partial charge in [0, 0.05) is 17.0 Å². The van der Waals surface area contributed by atoms with Crippen LogP contribution in [0.15, 0.2) is 67.4 Å². The molecule has 11 heteroatoms. The molecule has 4 rings (SSSR count). The highest BCUT2D eigenvalue weighted by atomic mass is 32.1. The van der Waals surface area contributed by atoms with Gasteiger partial charge >= 0.3 is 0 Å². The number of hydrogen-bond donors (Lipinski definition) is 3. The van der Waals surface area contributed by atoms with Gasteiger partial charge in [0.05, 0.1) is 30.0 Å². The summed E-state index contributed by atoms with van der Waals surface area (Å²) < 4.78 is 29.6. The zero-order valence-corrected chi connectivity index (χ0v) is 18.4. The third kappa shape index (κ3) is 4.65. The zero-order valence-electron chi connectivity index (χ0n) is 17.6. The Kier molecular flexibility index (Phi) is 6.27. The number of rotatable bonds is 6. The summed E-state index contributed by atoms with van der Waals surface area (Å²) in [4.78, 5) is 8.22. The zero-order chi connectivity index (χ0) is 23.6. The molecule has 0 saturated carbocycles. The molecule has 2 aromatic heterocycles. The highest BCUT2D eigenvalue weighted by Gasteiger charge is 2.42. The van der Waals surface area contributed by atoms with E-state index in [9.17, 15) is 13.9 Å². The molecule has 170 valence electrons. The smallest absolute Gasteiger partial charge is 0.188 e. The molecule has 0 bridgehead atoms. The molecular weight excluding hydrogens is 448 g/mol. The Morgan fingerprint density at radius 2 is 2.06 bits per heavy atom. The Morgan fingerprint density at radius 3 is 2.79 bits per heavy atom. The van der Waals surface area contributed by atoms with Crippen LogP contribution in [-0.2, 0) is 12.1 Å². The van der Waals surface area contributed by atoms with E-state index in [1.54, 1.807) is 13.1 Å². The number of thiocarbonyl (C=S) groups is 1. The van der Waals surface area contributed by atoms with Crippen LogP contribution in [0.4, 0.5) is 14.5 Å². The van der Waals surface area contributed by atoms with E-state index in [1.807, 2.05) is 30.3 Å². The van der Waals surface area contributed by atoms with Gasteiger partial charge in [-0.05, 0) is 37.3 Å². The van der Waals surface area contributed by atoms with Crippen LogP contribution in [0.3, 0.4) is 0 Å². The summed E-state index contributed by atoms with van der Waals surface area (Å²) in [6, 6.07) is 11.4. The molecule has 2 atom stereocenters. The number of nitrogens with zero attached hydrogens (tertiary/aromatic N) is 5. The maximum atomic E-state index is 14.7. The number of pyridine rings is 1. The minimum absolute atomic E-state index is 0.0686. The van der Waals surface area contributed by atoms with Gasteiger partial charge in [-0.25, -0.2) is 24.3 Å². The quantitative estimate of drug-likeness (QED) is 0.225. The summed E-state index contributed by atoms with van der Waals surface area (Å²) in [6.45, 7) is 1.37. The van der Waals surface area contributed by atoms with Crippen molar-refractivity contribution < 1.29 is 13.9 Å². The van der Waals surface area contributed by atoms with Gasteiger partial charge in [-0.15, -0.1) is 0 Å². The molecule has 0 unspecified atom stereocenters. The number of benzene rings is 2. The van der Waals surface area contributed by atoms with Gasteiger partial charge in [-0.1, -0.05) is 24.3 Å². The largest absolute Gasteiger partial charge is 0.381 e. The van der Waals surface area contributed by atoms with Gasteiger partial charge in [0.2, 0.25) is 0 Å². The summed E-state index contributed by atoms with van der Waals surface area (Å²) >= 11 is 5.44. The average molecular weight is 470 g/mol. The van der Waals surface area contributed by atoms with Crippen LogP contribution in [0.2, 0.25) is 0 Å². The molecule has 8 nitrogen and oxygen atoms in total. The van der Waals surface area contributed by atoms with Crippen LogP contribution in [0.25, 0.3) is 10.9 Å². The Bertz CT molecular complexity index is 1290. The van der Waals surface area contributed by atoms with Gasteiger partial charge in [-0.3, -0.25) is 9.99 Å². The third-order valence-corrected chi connectivity index (χ3v) is 5.76. The molecule has 0 aliphatic heterocycles. The Balaban J connectivity index is 1.62. The first kappa shape index (κ1) is 22.6. The second kappa shape index (κ2) is 9.14. The van der Waals surface area contributed by atoms with E-state index < -0.39 is 23.3 Å². The minimum Gasteiger partial charge on any atom is -0.381 e. The number of fused-ring (bicyclic) bond motifs is 1. The predicted molar refractivity (Wildman–Crippen MR) is 124 cm³/mol. The molecule has 4 aromatic rings. The van der Waals surface area contributed by atoms with E-state index >= 15 is 0 Å². The number of aliphatic hydroxyl groups is 1. The molecule has 0 spiro atoms. The van der Waals surface area contributed by atoms with Crippen molar-refractivity contribution in [1.82, 2.24) is 24.8 Å². The van der Waals surface area contributed by atoms with Gasteiger partial charge in [0.1, 0.15) is 29.9 Å². The Labute approximate surface area is 193 Å². The van der Waals surface area contributed by atoms with Crippen LogP contribution in [0, 0.1) is 11.6 Å². The Morgan fingerprint density at radius 1 is 1.27 bits per heavy atom. The van der Waals surface area contributed by atoms with Crippen molar-refractivity contribution in [2.75, 3.05) is 5.32 Å². The number of para-hydroxylation sites is 1. The maximum Gasteiger partial charge on any atom is 0.188 e. The summed E-state index contributed by atoms with van der Waals surface area (Å²) in [5, 5.41) is 20.7. The van der Waals surface area contributed by atoms with Gasteiger partial charge in [-0.2, -0.15) is 5.10 Å². The van der Waals surface area contributed by atoms with Crippen LogP contribution >= 0.6 is 12.2 Å². The van der Waals surface area contributed by atoms with Gasteiger partial charge in [0.15, 0.2) is 5.11 Å². The molecule has 2 aromatic carbocycles.